The van der Waals surface area contributed by atoms with Crippen LogP contribution in [-0.4, -0.2) is 36.6 Å². The molecule has 22 heavy (non-hydrogen) atoms. The third-order valence-electron chi connectivity index (χ3n) is 3.74. The monoisotopic (exact) mass is 335 g/mol. The molecule has 2 aromatic rings. The van der Waals surface area contributed by atoms with Crippen LogP contribution in [0, 0.1) is 5.92 Å². The van der Waals surface area contributed by atoms with Crippen molar-refractivity contribution in [3.8, 4) is 0 Å². The molecule has 5 nitrogen and oxygen atoms in total. The number of hydrogen-bond acceptors (Lipinski definition) is 4. The van der Waals surface area contributed by atoms with Crippen molar-refractivity contribution in [1.29, 1.82) is 0 Å². The number of hydrogen-bond donors (Lipinski definition) is 2. The molecule has 0 bridgehead atoms. The Morgan fingerprint density at radius 2 is 2.23 bits per heavy atom. The lowest BCUT2D eigenvalue weighted by Gasteiger charge is -2.13. The molecule has 7 heteroatoms. The summed E-state index contributed by atoms with van der Waals surface area (Å²) in [4.78, 5) is 4.27. The fourth-order valence-electron chi connectivity index (χ4n) is 2.60. The predicted octanol–water partition coefficient (Wildman–Crippen LogP) is 1.96. The van der Waals surface area contributed by atoms with Gasteiger partial charge in [-0.25, -0.2) is 8.42 Å². The van der Waals surface area contributed by atoms with Crippen LogP contribution in [0.1, 0.15) is 6.42 Å². The molecule has 0 aliphatic carbocycles. The lowest BCUT2D eigenvalue weighted by atomic mass is 10.1. The number of benzene rings is 1. The Morgan fingerprint density at radius 1 is 1.36 bits per heavy atom. The first-order valence-corrected chi connectivity index (χ1v) is 9.35. The van der Waals surface area contributed by atoms with Crippen LogP contribution in [0.15, 0.2) is 36.5 Å². The van der Waals surface area contributed by atoms with E-state index in [-0.39, 0.29) is 17.4 Å². The van der Waals surface area contributed by atoms with Crippen molar-refractivity contribution in [1.82, 2.24) is 10.3 Å². The summed E-state index contributed by atoms with van der Waals surface area (Å²) in [5.41, 5.74) is 1.82. The van der Waals surface area contributed by atoms with E-state index in [9.17, 15) is 8.42 Å². The molecule has 0 radical (unpaired) electrons. The van der Waals surface area contributed by atoms with E-state index in [4.69, 9.17) is 12.2 Å². The van der Waals surface area contributed by atoms with Gasteiger partial charge < -0.3 is 10.6 Å². The second kappa shape index (κ2) is 6.18. The first-order chi connectivity index (χ1) is 10.5. The molecule has 1 aromatic carbocycles. The van der Waals surface area contributed by atoms with Crippen molar-refractivity contribution in [2.45, 2.75) is 6.42 Å². The molecule has 1 aliphatic heterocycles. The average molecular weight is 335 g/mol. The van der Waals surface area contributed by atoms with Crippen molar-refractivity contribution in [3.63, 3.8) is 0 Å². The number of nitrogens with zero attached hydrogens (tertiary/aromatic N) is 1. The smallest absolute Gasteiger partial charge is 0.170 e. The summed E-state index contributed by atoms with van der Waals surface area (Å²) in [6.07, 6.45) is 2.47. The molecule has 1 saturated heterocycles. The summed E-state index contributed by atoms with van der Waals surface area (Å²) < 4.78 is 22.8. The van der Waals surface area contributed by atoms with Crippen LogP contribution in [0.2, 0.25) is 0 Å². The van der Waals surface area contributed by atoms with E-state index in [1.807, 2.05) is 30.3 Å². The maximum Gasteiger partial charge on any atom is 0.170 e. The van der Waals surface area contributed by atoms with E-state index >= 15 is 0 Å². The first-order valence-electron chi connectivity index (χ1n) is 7.12. The maximum absolute atomic E-state index is 11.4. The predicted molar refractivity (Wildman–Crippen MR) is 92.7 cm³/mol. The van der Waals surface area contributed by atoms with Crippen molar-refractivity contribution in [3.05, 3.63) is 36.5 Å². The van der Waals surface area contributed by atoms with Gasteiger partial charge in [-0.15, -0.1) is 0 Å². The number of pyridine rings is 1. The second-order valence-corrected chi connectivity index (χ2v) is 8.15. The summed E-state index contributed by atoms with van der Waals surface area (Å²) in [6.45, 7) is 0.584. The van der Waals surface area contributed by atoms with Gasteiger partial charge in [0.15, 0.2) is 14.9 Å². The number of thiocarbonyl (C=S) groups is 1. The molecule has 2 N–H and O–H groups in total. The van der Waals surface area contributed by atoms with E-state index < -0.39 is 9.84 Å². The molecule has 0 amide bonds. The highest BCUT2D eigenvalue weighted by Crippen LogP contribution is 2.18. The van der Waals surface area contributed by atoms with Gasteiger partial charge in [0.05, 0.1) is 17.0 Å². The van der Waals surface area contributed by atoms with Crippen LogP contribution in [0.3, 0.4) is 0 Å². The Labute approximate surface area is 135 Å². The number of nitrogens with one attached hydrogen (secondary N) is 2. The third kappa shape index (κ3) is 3.72. The lowest BCUT2D eigenvalue weighted by molar-refractivity contribution is 0.574. The Kier molecular flexibility index (Phi) is 4.26. The number of sulfone groups is 1. The summed E-state index contributed by atoms with van der Waals surface area (Å²) in [5, 5.41) is 7.77. The number of fused-ring (bicyclic) bond motifs is 1. The van der Waals surface area contributed by atoms with E-state index in [1.54, 1.807) is 6.20 Å². The molecule has 0 unspecified atom stereocenters. The van der Waals surface area contributed by atoms with Crippen molar-refractivity contribution in [2.24, 2.45) is 5.92 Å². The van der Waals surface area contributed by atoms with Gasteiger partial charge in [0.25, 0.3) is 0 Å². The topological polar surface area (TPSA) is 71.1 Å². The van der Waals surface area contributed by atoms with Gasteiger partial charge in [-0.3, -0.25) is 4.98 Å². The Bertz CT molecular complexity index is 805. The van der Waals surface area contributed by atoms with Crippen LogP contribution >= 0.6 is 12.2 Å². The van der Waals surface area contributed by atoms with Gasteiger partial charge in [0.2, 0.25) is 0 Å². The fourth-order valence-corrected chi connectivity index (χ4v) is 4.66. The highest BCUT2D eigenvalue weighted by atomic mass is 32.2. The van der Waals surface area contributed by atoms with E-state index in [0.29, 0.717) is 18.1 Å². The number of aromatic nitrogens is 1. The van der Waals surface area contributed by atoms with Gasteiger partial charge in [-0.1, -0.05) is 6.07 Å². The van der Waals surface area contributed by atoms with Gasteiger partial charge in [-0.2, -0.15) is 0 Å². The maximum atomic E-state index is 11.4. The van der Waals surface area contributed by atoms with E-state index in [0.717, 1.165) is 16.6 Å². The zero-order chi connectivity index (χ0) is 15.6. The summed E-state index contributed by atoms with van der Waals surface area (Å²) in [7, 11) is -2.84. The Hall–Kier alpha value is -1.73. The fraction of sp³-hybridized carbons (Fsp3) is 0.333. The molecule has 1 atom stereocenters. The van der Waals surface area contributed by atoms with Crippen LogP contribution in [0.25, 0.3) is 10.9 Å². The quantitative estimate of drug-likeness (QED) is 0.836. The minimum Gasteiger partial charge on any atom is -0.362 e. The van der Waals surface area contributed by atoms with Crippen LogP contribution < -0.4 is 10.6 Å². The number of anilines is 1. The normalized spacial score (nSPS) is 19.9. The van der Waals surface area contributed by atoms with Gasteiger partial charge in [0.1, 0.15) is 0 Å². The molecule has 3 rings (SSSR count). The van der Waals surface area contributed by atoms with Crippen molar-refractivity contribution >= 4 is 43.8 Å². The average Bonchev–Trinajstić information content (AvgIpc) is 2.84. The molecule has 116 valence electrons. The number of rotatable bonds is 3. The van der Waals surface area contributed by atoms with E-state index in [1.165, 1.54) is 0 Å². The summed E-state index contributed by atoms with van der Waals surface area (Å²) in [5.74, 6) is 0.687. The first kappa shape index (κ1) is 15.2. The van der Waals surface area contributed by atoms with Crippen LogP contribution in [-0.2, 0) is 9.84 Å². The zero-order valence-electron chi connectivity index (χ0n) is 12.0. The largest absolute Gasteiger partial charge is 0.362 e. The highest BCUT2D eigenvalue weighted by molar-refractivity contribution is 7.91. The van der Waals surface area contributed by atoms with Crippen LogP contribution in [0.5, 0.6) is 0 Å². The Morgan fingerprint density at radius 3 is 3.00 bits per heavy atom. The third-order valence-corrected chi connectivity index (χ3v) is 5.82. The highest BCUT2D eigenvalue weighted by Gasteiger charge is 2.27. The molecule has 0 spiro atoms. The van der Waals surface area contributed by atoms with Crippen molar-refractivity contribution < 1.29 is 8.42 Å². The second-order valence-electron chi connectivity index (χ2n) is 5.51. The van der Waals surface area contributed by atoms with Gasteiger partial charge >= 0.3 is 0 Å². The minimum atomic E-state index is -2.84. The van der Waals surface area contributed by atoms with Crippen molar-refractivity contribution in [2.75, 3.05) is 23.4 Å². The lowest BCUT2D eigenvalue weighted by Crippen LogP contribution is -2.33. The minimum absolute atomic E-state index is 0.144. The molecule has 1 fully saturated rings. The molecule has 1 aliphatic rings. The summed E-state index contributed by atoms with van der Waals surface area (Å²) >= 11 is 5.26. The Balaban J connectivity index is 1.56. The van der Waals surface area contributed by atoms with Crippen LogP contribution in [0.4, 0.5) is 5.69 Å². The molecular weight excluding hydrogens is 318 g/mol. The molecule has 1 aromatic heterocycles. The SMILES string of the molecule is O=S1(=O)CC[C@@H](CNC(=S)Nc2ccc3ncccc3c2)C1. The molecular formula is C15H17N3O2S2. The molecule has 0 saturated carbocycles. The molecule has 2 heterocycles. The summed E-state index contributed by atoms with van der Waals surface area (Å²) in [6, 6.07) is 9.72. The van der Waals surface area contributed by atoms with Gasteiger partial charge in [0, 0.05) is 23.8 Å². The van der Waals surface area contributed by atoms with Gasteiger partial charge in [-0.05, 0) is 48.8 Å². The standard InChI is InChI=1S/C15H17N3O2S2/c19-22(20)7-5-11(10-22)9-17-15(21)18-13-3-4-14-12(8-13)2-1-6-16-14/h1-4,6,8,11H,5,7,9-10H2,(H2,17,18,21)/t11-/m0/s1. The zero-order valence-corrected chi connectivity index (χ0v) is 13.6. The van der Waals surface area contributed by atoms with E-state index in [2.05, 4.69) is 15.6 Å².